The third-order valence-electron chi connectivity index (χ3n) is 8.03. The van der Waals surface area contributed by atoms with E-state index in [0.717, 1.165) is 0 Å². The summed E-state index contributed by atoms with van der Waals surface area (Å²) in [6.07, 6.45) is 0. The van der Waals surface area contributed by atoms with Crippen LogP contribution in [0.4, 0.5) is 0 Å². The molecule has 3 aromatic heterocycles. The van der Waals surface area contributed by atoms with Crippen LogP contribution in [0.15, 0.2) is 120 Å². The molecule has 0 aliphatic rings. The molecule has 0 aliphatic carbocycles. The van der Waals surface area contributed by atoms with Gasteiger partial charge in [0.15, 0.2) is 0 Å². The van der Waals surface area contributed by atoms with E-state index in [4.69, 9.17) is 0 Å². The minimum atomic E-state index is 1.32. The van der Waals surface area contributed by atoms with Crippen LogP contribution in [0.2, 0.25) is 0 Å². The molecule has 6 aromatic carbocycles. The van der Waals surface area contributed by atoms with Crippen LogP contribution >= 0.6 is 34.0 Å². The Hall–Kier alpha value is -4.02. The monoisotopic (exact) mass is 548 g/mol. The predicted octanol–water partition coefficient (Wildman–Crippen LogP) is 12.1. The van der Waals surface area contributed by atoms with E-state index in [2.05, 4.69) is 120 Å². The molecule has 9 aromatic rings. The van der Waals surface area contributed by atoms with Crippen molar-refractivity contribution in [2.45, 2.75) is 0 Å². The summed E-state index contributed by atoms with van der Waals surface area (Å²) in [5.74, 6) is 0. The Morgan fingerprint density at radius 1 is 0.333 bits per heavy atom. The molecule has 3 heteroatoms. The number of benzene rings is 6. The van der Waals surface area contributed by atoms with Crippen molar-refractivity contribution in [2.24, 2.45) is 0 Å². The summed E-state index contributed by atoms with van der Waals surface area (Å²) < 4.78 is 5.39. The minimum Gasteiger partial charge on any atom is -0.143 e. The lowest BCUT2D eigenvalue weighted by Gasteiger charge is -2.11. The molecule has 0 unspecified atom stereocenters. The molecule has 0 atom stereocenters. The Labute approximate surface area is 237 Å². The SMILES string of the molecule is c1ccc2c(-c3cc4sc5cc(-c6csc7ccccc67)c6ccccc6c5c4c4ccccc34)csc2c1. The molecule has 0 amide bonds. The zero-order valence-electron chi connectivity index (χ0n) is 20.8. The Morgan fingerprint density at radius 3 is 1.18 bits per heavy atom. The molecule has 39 heavy (non-hydrogen) atoms. The fourth-order valence-electron chi connectivity index (χ4n) is 6.31. The number of hydrogen-bond donors (Lipinski definition) is 0. The summed E-state index contributed by atoms with van der Waals surface area (Å²) >= 11 is 5.60. The zero-order chi connectivity index (χ0) is 25.5. The van der Waals surface area contributed by atoms with Crippen molar-refractivity contribution in [1.82, 2.24) is 0 Å². The van der Waals surface area contributed by atoms with Crippen LogP contribution < -0.4 is 0 Å². The van der Waals surface area contributed by atoms with Crippen molar-refractivity contribution in [3.8, 4) is 22.3 Å². The van der Waals surface area contributed by atoms with E-state index in [1.807, 2.05) is 34.0 Å². The molecule has 0 nitrogen and oxygen atoms in total. The van der Waals surface area contributed by atoms with Crippen molar-refractivity contribution < 1.29 is 0 Å². The lowest BCUT2D eigenvalue weighted by molar-refractivity contribution is 1.78. The first-order valence-corrected chi connectivity index (χ1v) is 15.7. The number of rotatable bonds is 2. The highest BCUT2D eigenvalue weighted by Crippen LogP contribution is 2.49. The first-order chi connectivity index (χ1) is 19.3. The van der Waals surface area contributed by atoms with Gasteiger partial charge in [0.2, 0.25) is 0 Å². The molecule has 3 heterocycles. The van der Waals surface area contributed by atoms with Crippen LogP contribution in [-0.4, -0.2) is 0 Å². The Bertz CT molecular complexity index is 2230. The lowest BCUT2D eigenvalue weighted by Crippen LogP contribution is -1.84. The molecule has 0 saturated heterocycles. The molecule has 0 bridgehead atoms. The summed E-state index contributed by atoms with van der Waals surface area (Å²) in [6.45, 7) is 0. The third-order valence-corrected chi connectivity index (χ3v) is 11.0. The van der Waals surface area contributed by atoms with Crippen molar-refractivity contribution in [2.75, 3.05) is 0 Å². The molecule has 0 aliphatic heterocycles. The van der Waals surface area contributed by atoms with Gasteiger partial charge in [-0.1, -0.05) is 84.9 Å². The van der Waals surface area contributed by atoms with E-state index in [-0.39, 0.29) is 0 Å². The molecule has 0 saturated carbocycles. The van der Waals surface area contributed by atoms with E-state index in [1.54, 1.807) is 0 Å². The zero-order valence-corrected chi connectivity index (χ0v) is 23.2. The predicted molar refractivity (Wildman–Crippen MR) is 176 cm³/mol. The number of thiophene rings is 3. The van der Waals surface area contributed by atoms with Gasteiger partial charge in [-0.05, 0) is 67.7 Å². The highest BCUT2D eigenvalue weighted by Gasteiger charge is 2.19. The maximum atomic E-state index is 2.45. The second-order valence-electron chi connectivity index (χ2n) is 10.1. The average Bonchev–Trinajstić information content (AvgIpc) is 3.71. The Morgan fingerprint density at radius 2 is 0.718 bits per heavy atom. The highest BCUT2D eigenvalue weighted by molar-refractivity contribution is 7.26. The fourth-order valence-corrected chi connectivity index (χ4v) is 9.45. The molecular weight excluding hydrogens is 529 g/mol. The summed E-state index contributed by atoms with van der Waals surface area (Å²) in [5.41, 5.74) is 5.33. The van der Waals surface area contributed by atoms with Gasteiger partial charge in [0.25, 0.3) is 0 Å². The summed E-state index contributed by atoms with van der Waals surface area (Å²) in [4.78, 5) is 0. The molecular formula is C36H20S3. The normalized spacial score (nSPS) is 12.1. The van der Waals surface area contributed by atoms with Crippen molar-refractivity contribution in [3.05, 3.63) is 120 Å². The second-order valence-corrected chi connectivity index (χ2v) is 13.0. The first-order valence-electron chi connectivity index (χ1n) is 13.1. The maximum Gasteiger partial charge on any atom is 0.0368 e. The van der Waals surface area contributed by atoms with Gasteiger partial charge in [-0.25, -0.2) is 0 Å². The van der Waals surface area contributed by atoms with Crippen LogP contribution in [0.25, 0.3) is 84.1 Å². The maximum absolute atomic E-state index is 2.45. The van der Waals surface area contributed by atoms with Crippen LogP contribution in [0.5, 0.6) is 0 Å². The van der Waals surface area contributed by atoms with Gasteiger partial charge < -0.3 is 0 Å². The average molecular weight is 549 g/mol. The van der Waals surface area contributed by atoms with E-state index >= 15 is 0 Å². The van der Waals surface area contributed by atoms with Gasteiger partial charge in [-0.2, -0.15) is 0 Å². The molecule has 9 rings (SSSR count). The van der Waals surface area contributed by atoms with Crippen molar-refractivity contribution in [1.29, 1.82) is 0 Å². The van der Waals surface area contributed by atoms with Gasteiger partial charge in [-0.3, -0.25) is 0 Å². The van der Waals surface area contributed by atoms with E-state index < -0.39 is 0 Å². The first kappa shape index (κ1) is 21.9. The highest BCUT2D eigenvalue weighted by atomic mass is 32.1. The van der Waals surface area contributed by atoms with Crippen LogP contribution in [0.1, 0.15) is 0 Å². The van der Waals surface area contributed by atoms with Crippen LogP contribution in [-0.2, 0) is 0 Å². The molecule has 182 valence electrons. The Balaban J connectivity index is 1.43. The molecule has 0 radical (unpaired) electrons. The van der Waals surface area contributed by atoms with Crippen LogP contribution in [0, 0.1) is 0 Å². The molecule has 0 spiro atoms. The summed E-state index contributed by atoms with van der Waals surface area (Å²) in [5, 5.41) is 15.4. The Kier molecular flexibility index (Phi) is 4.62. The summed E-state index contributed by atoms with van der Waals surface area (Å²) in [7, 11) is 0. The largest absolute Gasteiger partial charge is 0.143 e. The van der Waals surface area contributed by atoms with Gasteiger partial charge in [0.1, 0.15) is 0 Å². The van der Waals surface area contributed by atoms with Crippen molar-refractivity contribution in [3.63, 3.8) is 0 Å². The third kappa shape index (κ3) is 3.09. The van der Waals surface area contributed by atoms with E-state index in [1.165, 1.54) is 84.1 Å². The molecule has 0 N–H and O–H groups in total. The van der Waals surface area contributed by atoms with Gasteiger partial charge in [0.05, 0.1) is 0 Å². The second kappa shape index (κ2) is 8.24. The van der Waals surface area contributed by atoms with Gasteiger partial charge in [-0.15, -0.1) is 34.0 Å². The van der Waals surface area contributed by atoms with Crippen LogP contribution in [0.3, 0.4) is 0 Å². The standard InChI is InChI=1S/C36H20S3/c1-3-13-25-21(9-1)27(29-19-37-31-15-7-5-11-23(29)31)17-33-35(25)36-26-14-4-2-10-22(26)28(18-34(36)39-33)30-20-38-32-16-8-6-12-24(30)32/h1-20H. The van der Waals surface area contributed by atoms with Gasteiger partial charge in [0, 0.05) is 51.5 Å². The smallest absolute Gasteiger partial charge is 0.0368 e. The lowest BCUT2D eigenvalue weighted by atomic mass is 9.91. The van der Waals surface area contributed by atoms with E-state index in [0.29, 0.717) is 0 Å². The minimum absolute atomic E-state index is 1.32. The quantitative estimate of drug-likeness (QED) is 0.201. The topological polar surface area (TPSA) is 0 Å². The van der Waals surface area contributed by atoms with Crippen molar-refractivity contribution >= 4 is 95.9 Å². The van der Waals surface area contributed by atoms with E-state index in [9.17, 15) is 0 Å². The number of fused-ring (bicyclic) bond motifs is 9. The molecule has 0 fully saturated rings. The number of hydrogen-bond acceptors (Lipinski definition) is 3. The van der Waals surface area contributed by atoms with Gasteiger partial charge >= 0.3 is 0 Å². The summed E-state index contributed by atoms with van der Waals surface area (Å²) in [6, 6.07) is 40.4. The fraction of sp³-hybridized carbons (Fsp3) is 0.